The molecule has 0 bridgehead atoms. The lowest BCUT2D eigenvalue weighted by atomic mass is 9.87. The van der Waals surface area contributed by atoms with E-state index in [1.807, 2.05) is 6.20 Å². The van der Waals surface area contributed by atoms with Crippen LogP contribution in [-0.2, 0) is 0 Å². The number of para-hydroxylation sites is 1. The predicted molar refractivity (Wildman–Crippen MR) is 207 cm³/mol. The molecule has 0 aliphatic carbocycles. The van der Waals surface area contributed by atoms with Gasteiger partial charge >= 0.3 is 0 Å². The molecule has 10 rings (SSSR count). The molecule has 2 aromatic heterocycles. The second-order valence-corrected chi connectivity index (χ2v) is 12.7. The van der Waals surface area contributed by atoms with E-state index >= 15 is 0 Å². The molecule has 49 heavy (non-hydrogen) atoms. The average Bonchev–Trinajstić information content (AvgIpc) is 3.52. The third kappa shape index (κ3) is 4.31. The second kappa shape index (κ2) is 11.0. The third-order valence-corrected chi connectivity index (χ3v) is 10.0. The molecule has 0 aliphatic rings. The average molecular weight is 623 g/mol. The first-order chi connectivity index (χ1) is 24.3. The van der Waals surface area contributed by atoms with Crippen LogP contribution in [0.2, 0.25) is 0 Å². The van der Waals surface area contributed by atoms with Crippen molar-refractivity contribution in [2.75, 3.05) is 0 Å². The molecule has 0 fully saturated rings. The molecule has 0 saturated heterocycles. The molecule has 0 saturated carbocycles. The number of hydrogen-bond donors (Lipinski definition) is 0. The zero-order chi connectivity index (χ0) is 32.3. The quantitative estimate of drug-likeness (QED) is 0.179. The summed E-state index contributed by atoms with van der Waals surface area (Å²) in [6.45, 7) is 0. The molecule has 0 N–H and O–H groups in total. The molecule has 0 aliphatic heterocycles. The second-order valence-electron chi connectivity index (χ2n) is 12.7. The number of pyridine rings is 1. The van der Waals surface area contributed by atoms with Gasteiger partial charge in [0.25, 0.3) is 0 Å². The van der Waals surface area contributed by atoms with Crippen molar-refractivity contribution >= 4 is 54.1 Å². The number of rotatable bonds is 4. The van der Waals surface area contributed by atoms with Crippen LogP contribution in [0, 0.1) is 0 Å². The number of aromatic nitrogens is 2. The molecular formula is C47H30N2. The third-order valence-electron chi connectivity index (χ3n) is 10.0. The van der Waals surface area contributed by atoms with Gasteiger partial charge in [-0.1, -0.05) is 152 Å². The van der Waals surface area contributed by atoms with E-state index in [-0.39, 0.29) is 0 Å². The molecule has 0 unspecified atom stereocenters. The highest BCUT2D eigenvalue weighted by Crippen LogP contribution is 2.43. The van der Waals surface area contributed by atoms with Gasteiger partial charge in [0.1, 0.15) is 0 Å². The molecule has 0 spiro atoms. The van der Waals surface area contributed by atoms with E-state index in [1.54, 1.807) is 0 Å². The van der Waals surface area contributed by atoms with Crippen molar-refractivity contribution in [1.29, 1.82) is 0 Å². The van der Waals surface area contributed by atoms with Crippen LogP contribution < -0.4 is 0 Å². The van der Waals surface area contributed by atoms with Crippen LogP contribution in [0.1, 0.15) is 0 Å². The Hall–Kier alpha value is -6.51. The largest absolute Gasteiger partial charge is 0.309 e. The van der Waals surface area contributed by atoms with Crippen LogP contribution in [0.5, 0.6) is 0 Å². The molecule has 228 valence electrons. The summed E-state index contributed by atoms with van der Waals surface area (Å²) in [5.41, 5.74) is 10.5. The highest BCUT2D eigenvalue weighted by Gasteiger charge is 2.18. The first-order valence-corrected chi connectivity index (χ1v) is 16.8. The molecule has 0 amide bonds. The summed E-state index contributed by atoms with van der Waals surface area (Å²) in [6, 6.07) is 63.4. The van der Waals surface area contributed by atoms with Crippen molar-refractivity contribution in [1.82, 2.24) is 9.55 Å². The van der Waals surface area contributed by atoms with Crippen molar-refractivity contribution in [2.24, 2.45) is 0 Å². The molecule has 2 nitrogen and oxygen atoms in total. The molecule has 0 radical (unpaired) electrons. The lowest BCUT2D eigenvalue weighted by Crippen LogP contribution is -1.94. The Balaban J connectivity index is 1.16. The van der Waals surface area contributed by atoms with Crippen molar-refractivity contribution in [3.05, 3.63) is 182 Å². The Labute approximate surface area is 284 Å². The molecular weight excluding hydrogens is 593 g/mol. The van der Waals surface area contributed by atoms with Gasteiger partial charge in [-0.15, -0.1) is 0 Å². The lowest BCUT2D eigenvalue weighted by molar-refractivity contribution is 1.19. The molecule has 0 atom stereocenters. The first-order valence-electron chi connectivity index (χ1n) is 16.8. The van der Waals surface area contributed by atoms with Gasteiger partial charge in [-0.05, 0) is 67.9 Å². The predicted octanol–water partition coefficient (Wildman–Crippen LogP) is 12.6. The van der Waals surface area contributed by atoms with E-state index in [9.17, 15) is 0 Å². The summed E-state index contributed by atoms with van der Waals surface area (Å²) >= 11 is 0. The minimum atomic E-state index is 0.974. The number of hydrogen-bond acceptors (Lipinski definition) is 1. The Morgan fingerprint density at radius 2 is 0.939 bits per heavy atom. The molecule has 2 heterocycles. The topological polar surface area (TPSA) is 17.8 Å². The smallest absolute Gasteiger partial charge is 0.0714 e. The Morgan fingerprint density at radius 3 is 1.61 bits per heavy atom. The van der Waals surface area contributed by atoms with Gasteiger partial charge in [0.05, 0.1) is 16.7 Å². The van der Waals surface area contributed by atoms with Gasteiger partial charge < -0.3 is 4.57 Å². The van der Waals surface area contributed by atoms with Gasteiger partial charge in [0.2, 0.25) is 0 Å². The Bertz CT molecular complexity index is 2790. The highest BCUT2D eigenvalue weighted by molar-refractivity contribution is 6.21. The zero-order valence-electron chi connectivity index (χ0n) is 26.7. The first kappa shape index (κ1) is 27.6. The highest BCUT2D eigenvalue weighted by atomic mass is 15.0. The monoisotopic (exact) mass is 622 g/mol. The normalized spacial score (nSPS) is 11.7. The van der Waals surface area contributed by atoms with Crippen molar-refractivity contribution < 1.29 is 0 Å². The van der Waals surface area contributed by atoms with Gasteiger partial charge in [0, 0.05) is 39.2 Å². The SMILES string of the molecule is c1ccc(-c2c3ccccc3c(-c3ccc(-c4ccc5c6ccc7ccccc7c6n(-c6ccccc6)c5c4)cn3)c3ccccc23)cc1. The fourth-order valence-corrected chi connectivity index (χ4v) is 7.84. The Kier molecular flexibility index (Phi) is 6.22. The van der Waals surface area contributed by atoms with Crippen LogP contribution in [0.25, 0.3) is 93.3 Å². The molecule has 8 aromatic carbocycles. The zero-order valence-corrected chi connectivity index (χ0v) is 26.7. The number of nitrogens with zero attached hydrogens (tertiary/aromatic N) is 2. The molecule has 10 aromatic rings. The van der Waals surface area contributed by atoms with E-state index < -0.39 is 0 Å². The van der Waals surface area contributed by atoms with E-state index in [0.717, 1.165) is 22.5 Å². The maximum Gasteiger partial charge on any atom is 0.0714 e. The van der Waals surface area contributed by atoms with E-state index in [2.05, 4.69) is 180 Å². The summed E-state index contributed by atoms with van der Waals surface area (Å²) in [7, 11) is 0. The number of benzene rings is 8. The molecule has 2 heteroatoms. The van der Waals surface area contributed by atoms with Crippen molar-refractivity contribution in [2.45, 2.75) is 0 Å². The standard InChI is InChI=1S/C47H30N2/c1-3-14-32(15-4-1)45-38-19-9-11-21-40(38)46(41-22-12-10-20-39(41)45)43-28-25-34(30-48-43)33-24-26-37-42-27-23-31-13-7-8-18-36(31)47(42)49(44(37)29-33)35-16-5-2-6-17-35/h1-30H. The fraction of sp³-hybridized carbons (Fsp3) is 0. The van der Waals surface area contributed by atoms with E-state index in [1.165, 1.54) is 70.8 Å². The summed E-state index contributed by atoms with van der Waals surface area (Å²) in [4.78, 5) is 5.17. The minimum absolute atomic E-state index is 0.974. The summed E-state index contributed by atoms with van der Waals surface area (Å²) in [6.07, 6.45) is 2.04. The minimum Gasteiger partial charge on any atom is -0.309 e. The van der Waals surface area contributed by atoms with Gasteiger partial charge in [-0.2, -0.15) is 0 Å². The summed E-state index contributed by atoms with van der Waals surface area (Å²) in [5, 5.41) is 9.89. The fourth-order valence-electron chi connectivity index (χ4n) is 7.84. The van der Waals surface area contributed by atoms with Crippen LogP contribution in [0.3, 0.4) is 0 Å². The van der Waals surface area contributed by atoms with Crippen LogP contribution in [0.15, 0.2) is 182 Å². The summed E-state index contributed by atoms with van der Waals surface area (Å²) < 4.78 is 2.42. The van der Waals surface area contributed by atoms with Crippen LogP contribution >= 0.6 is 0 Å². The van der Waals surface area contributed by atoms with Crippen LogP contribution in [0.4, 0.5) is 0 Å². The lowest BCUT2D eigenvalue weighted by Gasteiger charge is -2.17. The van der Waals surface area contributed by atoms with Gasteiger partial charge in [-0.3, -0.25) is 4.98 Å². The van der Waals surface area contributed by atoms with E-state index in [4.69, 9.17) is 4.98 Å². The maximum absolute atomic E-state index is 5.17. The van der Waals surface area contributed by atoms with Gasteiger partial charge in [0.15, 0.2) is 0 Å². The van der Waals surface area contributed by atoms with Crippen LogP contribution in [-0.4, -0.2) is 9.55 Å². The summed E-state index contributed by atoms with van der Waals surface area (Å²) in [5.74, 6) is 0. The van der Waals surface area contributed by atoms with Crippen molar-refractivity contribution in [3.8, 4) is 39.2 Å². The maximum atomic E-state index is 5.17. The van der Waals surface area contributed by atoms with Gasteiger partial charge in [-0.25, -0.2) is 0 Å². The van der Waals surface area contributed by atoms with E-state index in [0.29, 0.717) is 0 Å². The number of fused-ring (bicyclic) bond motifs is 7. The Morgan fingerprint density at radius 1 is 0.367 bits per heavy atom. The van der Waals surface area contributed by atoms with Crippen molar-refractivity contribution in [3.63, 3.8) is 0 Å².